The lowest BCUT2D eigenvalue weighted by molar-refractivity contribution is 0.743. The number of halogens is 1. The van der Waals surface area contributed by atoms with Gasteiger partial charge in [0.2, 0.25) is 0 Å². The van der Waals surface area contributed by atoms with Crippen LogP contribution < -0.4 is 0 Å². The van der Waals surface area contributed by atoms with E-state index in [9.17, 15) is 0 Å². The second-order valence-corrected chi connectivity index (χ2v) is 3.83. The van der Waals surface area contributed by atoms with Crippen LogP contribution >= 0.6 is 11.6 Å². The monoisotopic (exact) mass is 195 g/mol. The molecule has 0 nitrogen and oxygen atoms in total. The molecule has 13 heavy (non-hydrogen) atoms. The Hall–Kier alpha value is -0.490. The molecule has 0 spiro atoms. The summed E-state index contributed by atoms with van der Waals surface area (Å²) >= 11 is 5.81. The fourth-order valence-corrected chi connectivity index (χ4v) is 1.45. The maximum absolute atomic E-state index is 5.81. The van der Waals surface area contributed by atoms with Gasteiger partial charge in [0.15, 0.2) is 0 Å². The molecule has 1 heteroatoms. The molecule has 0 bridgehead atoms. The van der Waals surface area contributed by atoms with E-state index in [0.29, 0.717) is 0 Å². The predicted molar refractivity (Wildman–Crippen MR) is 59.0 cm³/mol. The van der Waals surface area contributed by atoms with Crippen LogP contribution in [0.15, 0.2) is 24.3 Å². The van der Waals surface area contributed by atoms with Crippen molar-refractivity contribution in [2.45, 2.75) is 33.1 Å². The first kappa shape index (κ1) is 10.6. The number of rotatable bonds is 4. The fraction of sp³-hybridized carbons (Fsp3) is 0.417. The van der Waals surface area contributed by atoms with Crippen LogP contribution in [0.4, 0.5) is 0 Å². The van der Waals surface area contributed by atoms with Gasteiger partial charge in [-0.1, -0.05) is 50.4 Å². The Kier molecular flexibility index (Phi) is 4.31. The zero-order valence-electron chi connectivity index (χ0n) is 8.31. The summed E-state index contributed by atoms with van der Waals surface area (Å²) in [4.78, 5) is 0. The van der Waals surface area contributed by atoms with Crippen molar-refractivity contribution in [1.29, 1.82) is 0 Å². The summed E-state index contributed by atoms with van der Waals surface area (Å²) < 4.78 is 0. The molecule has 0 saturated heterocycles. The lowest BCUT2D eigenvalue weighted by Crippen LogP contribution is -1.93. The van der Waals surface area contributed by atoms with Crippen LogP contribution in [0.3, 0.4) is 0 Å². The van der Waals surface area contributed by atoms with Gasteiger partial charge in [-0.2, -0.15) is 0 Å². The summed E-state index contributed by atoms with van der Waals surface area (Å²) in [5, 5.41) is 0.812. The van der Waals surface area contributed by atoms with Crippen LogP contribution in [-0.2, 0) is 0 Å². The number of hydrogen-bond acceptors (Lipinski definition) is 0. The van der Waals surface area contributed by atoms with Crippen molar-refractivity contribution < 1.29 is 0 Å². The summed E-state index contributed by atoms with van der Waals surface area (Å²) in [6.45, 7) is 4.41. The second-order valence-electron chi connectivity index (χ2n) is 3.39. The lowest BCUT2D eigenvalue weighted by Gasteiger charge is -2.09. The van der Waals surface area contributed by atoms with Crippen molar-refractivity contribution in [3.05, 3.63) is 40.8 Å². The molecular formula is C12H16Cl. The Bertz CT molecular complexity index is 238. The Morgan fingerprint density at radius 3 is 2.38 bits per heavy atom. The van der Waals surface area contributed by atoms with Crippen LogP contribution in [0, 0.1) is 5.92 Å². The van der Waals surface area contributed by atoms with E-state index in [2.05, 4.69) is 26.0 Å². The Balaban J connectivity index is 2.55. The molecule has 0 aromatic heterocycles. The lowest BCUT2D eigenvalue weighted by atomic mass is 9.96. The molecule has 1 aromatic rings. The van der Waals surface area contributed by atoms with E-state index in [1.54, 1.807) is 0 Å². The number of benzene rings is 1. The molecule has 0 aliphatic rings. The minimum absolute atomic E-state index is 0.812. The molecule has 1 radical (unpaired) electrons. The molecule has 0 unspecified atom stereocenters. The van der Waals surface area contributed by atoms with E-state index in [4.69, 9.17) is 11.6 Å². The van der Waals surface area contributed by atoms with Crippen LogP contribution in [0.2, 0.25) is 5.02 Å². The summed E-state index contributed by atoms with van der Waals surface area (Å²) in [6.07, 6.45) is 3.72. The normalized spacial score (nSPS) is 10.8. The topological polar surface area (TPSA) is 0 Å². The largest absolute Gasteiger partial charge is 0.0843 e. The zero-order valence-corrected chi connectivity index (χ0v) is 9.06. The molecule has 0 saturated carbocycles. The van der Waals surface area contributed by atoms with Crippen LogP contribution in [0.5, 0.6) is 0 Å². The van der Waals surface area contributed by atoms with Crippen LogP contribution in [0.1, 0.15) is 38.7 Å². The highest BCUT2D eigenvalue weighted by molar-refractivity contribution is 6.30. The number of hydrogen-bond donors (Lipinski definition) is 0. The molecular weight excluding hydrogens is 180 g/mol. The molecule has 0 aliphatic carbocycles. The van der Waals surface area contributed by atoms with Gasteiger partial charge in [-0.25, -0.2) is 0 Å². The molecule has 0 amide bonds. The summed E-state index contributed by atoms with van der Waals surface area (Å²) in [5.41, 5.74) is 1.32. The summed E-state index contributed by atoms with van der Waals surface area (Å²) in [6, 6.07) is 8.08. The second kappa shape index (κ2) is 5.29. The van der Waals surface area contributed by atoms with Crippen molar-refractivity contribution in [2.75, 3.05) is 0 Å². The zero-order chi connectivity index (χ0) is 9.68. The molecule has 1 rings (SSSR count). The quantitative estimate of drug-likeness (QED) is 0.665. The third-order valence-electron chi connectivity index (χ3n) is 2.24. The average molecular weight is 196 g/mol. The third kappa shape index (κ3) is 3.40. The van der Waals surface area contributed by atoms with E-state index in [1.807, 2.05) is 12.1 Å². The van der Waals surface area contributed by atoms with Crippen LogP contribution in [0.25, 0.3) is 0 Å². The van der Waals surface area contributed by atoms with E-state index in [-0.39, 0.29) is 0 Å². The van der Waals surface area contributed by atoms with Gasteiger partial charge in [0.05, 0.1) is 0 Å². The number of unbranched alkanes of at least 4 members (excludes halogenated alkanes) is 1. The first-order chi connectivity index (χ1) is 6.24. The first-order valence-corrected chi connectivity index (χ1v) is 5.20. The Morgan fingerprint density at radius 1 is 1.23 bits per heavy atom. The van der Waals surface area contributed by atoms with Gasteiger partial charge in [-0.15, -0.1) is 0 Å². The van der Waals surface area contributed by atoms with Crippen molar-refractivity contribution in [2.24, 2.45) is 0 Å². The van der Waals surface area contributed by atoms with Gasteiger partial charge in [-0.3, -0.25) is 0 Å². The molecule has 0 N–H and O–H groups in total. The maximum atomic E-state index is 5.81. The Morgan fingerprint density at radius 2 is 1.85 bits per heavy atom. The van der Waals surface area contributed by atoms with Crippen LogP contribution in [-0.4, -0.2) is 0 Å². The van der Waals surface area contributed by atoms with Gasteiger partial charge in [-0.05, 0) is 24.1 Å². The van der Waals surface area contributed by atoms with E-state index < -0.39 is 0 Å². The average Bonchev–Trinajstić information content (AvgIpc) is 2.15. The first-order valence-electron chi connectivity index (χ1n) is 4.82. The molecule has 71 valence electrons. The molecule has 0 fully saturated rings. The summed E-state index contributed by atoms with van der Waals surface area (Å²) in [7, 11) is 0. The van der Waals surface area contributed by atoms with Crippen molar-refractivity contribution in [3.63, 3.8) is 0 Å². The minimum atomic E-state index is 0.812. The molecule has 0 aliphatic heterocycles. The van der Waals surface area contributed by atoms with E-state index in [0.717, 1.165) is 5.02 Å². The molecule has 0 atom stereocenters. The maximum Gasteiger partial charge on any atom is 0.0406 e. The van der Waals surface area contributed by atoms with E-state index >= 15 is 0 Å². The summed E-state index contributed by atoms with van der Waals surface area (Å²) in [5.74, 6) is 1.46. The minimum Gasteiger partial charge on any atom is -0.0843 e. The highest BCUT2D eigenvalue weighted by atomic mass is 35.5. The third-order valence-corrected chi connectivity index (χ3v) is 2.49. The van der Waals surface area contributed by atoms with Crippen molar-refractivity contribution in [3.8, 4) is 0 Å². The highest BCUT2D eigenvalue weighted by Crippen LogP contribution is 2.21. The standard InChI is InChI=1S/C12H16Cl/c1-3-4-5-10(2)11-6-8-12(13)9-7-11/h6-9H,3-5H2,1-2H3. The van der Waals surface area contributed by atoms with Crippen molar-refractivity contribution >= 4 is 11.6 Å². The smallest absolute Gasteiger partial charge is 0.0406 e. The predicted octanol–water partition coefficient (Wildman–Crippen LogP) is 4.47. The van der Waals surface area contributed by atoms with Gasteiger partial charge in [0, 0.05) is 10.9 Å². The van der Waals surface area contributed by atoms with Gasteiger partial charge in [0.25, 0.3) is 0 Å². The van der Waals surface area contributed by atoms with Gasteiger partial charge < -0.3 is 0 Å². The Labute approximate surface area is 85.9 Å². The molecule has 0 heterocycles. The van der Waals surface area contributed by atoms with Crippen molar-refractivity contribution in [1.82, 2.24) is 0 Å². The SMILES string of the molecule is CCCC[C](C)c1ccc(Cl)cc1. The van der Waals surface area contributed by atoms with Gasteiger partial charge >= 0.3 is 0 Å². The van der Waals surface area contributed by atoms with E-state index in [1.165, 1.54) is 30.7 Å². The van der Waals surface area contributed by atoms with Gasteiger partial charge in [0.1, 0.15) is 0 Å². The molecule has 1 aromatic carbocycles. The highest BCUT2D eigenvalue weighted by Gasteiger charge is 2.04. The fourth-order valence-electron chi connectivity index (χ4n) is 1.32.